The number of anilines is 3. The second kappa shape index (κ2) is 12.7. The van der Waals surface area contributed by atoms with Crippen LogP contribution in [0.3, 0.4) is 0 Å². The zero-order valence-electron chi connectivity index (χ0n) is 27.3. The molecule has 0 atom stereocenters. The van der Waals surface area contributed by atoms with Crippen molar-refractivity contribution in [3.8, 4) is 44.8 Å². The summed E-state index contributed by atoms with van der Waals surface area (Å²) in [6.07, 6.45) is 0. The molecule has 0 saturated carbocycles. The van der Waals surface area contributed by atoms with Crippen LogP contribution in [0.25, 0.3) is 66.7 Å². The van der Waals surface area contributed by atoms with Crippen molar-refractivity contribution in [2.75, 3.05) is 4.90 Å². The molecule has 0 aliphatic rings. The lowest BCUT2D eigenvalue weighted by molar-refractivity contribution is 0.620. The Kier molecular flexibility index (Phi) is 7.49. The molecule has 0 N–H and O–H groups in total. The molecule has 0 bridgehead atoms. The lowest BCUT2D eigenvalue weighted by atomic mass is 10.00. The molecular formula is C47H32N2O. The SMILES string of the molecule is c1ccc(-c2ccc(N(c3ccc(-c4cccc5oc(-c6ccccc6)nc45)cc3)c3cccc(-c4ccc5ccccc5c4)c3)cc2)cc1. The van der Waals surface area contributed by atoms with Gasteiger partial charge in [0, 0.05) is 28.2 Å². The molecule has 0 aliphatic carbocycles. The van der Waals surface area contributed by atoms with Gasteiger partial charge < -0.3 is 9.32 Å². The topological polar surface area (TPSA) is 29.3 Å². The Morgan fingerprint density at radius 1 is 0.360 bits per heavy atom. The second-order valence-corrected chi connectivity index (χ2v) is 12.4. The number of nitrogens with zero attached hydrogens (tertiary/aromatic N) is 2. The van der Waals surface area contributed by atoms with Crippen LogP contribution in [0.15, 0.2) is 199 Å². The Hall–Kier alpha value is -6.71. The summed E-state index contributed by atoms with van der Waals surface area (Å²) >= 11 is 0. The molecule has 9 rings (SSSR count). The fourth-order valence-corrected chi connectivity index (χ4v) is 6.75. The van der Waals surface area contributed by atoms with E-state index in [9.17, 15) is 0 Å². The van der Waals surface area contributed by atoms with E-state index in [1.807, 2.05) is 42.5 Å². The van der Waals surface area contributed by atoms with Gasteiger partial charge in [-0.2, -0.15) is 0 Å². The minimum atomic E-state index is 0.626. The Bertz CT molecular complexity index is 2570. The monoisotopic (exact) mass is 640 g/mol. The number of para-hydroxylation sites is 1. The van der Waals surface area contributed by atoms with Crippen molar-refractivity contribution in [2.24, 2.45) is 0 Å². The van der Waals surface area contributed by atoms with Crippen LogP contribution in [0.4, 0.5) is 17.1 Å². The van der Waals surface area contributed by atoms with Crippen molar-refractivity contribution in [3.05, 3.63) is 194 Å². The van der Waals surface area contributed by atoms with E-state index in [0.29, 0.717) is 5.89 Å². The molecule has 0 unspecified atom stereocenters. The minimum Gasteiger partial charge on any atom is -0.436 e. The molecule has 0 amide bonds. The van der Waals surface area contributed by atoms with Crippen molar-refractivity contribution < 1.29 is 4.42 Å². The number of benzene rings is 8. The van der Waals surface area contributed by atoms with Gasteiger partial charge in [0.1, 0.15) is 5.52 Å². The Labute approximate surface area is 291 Å². The number of aromatic nitrogens is 1. The van der Waals surface area contributed by atoms with Gasteiger partial charge in [-0.25, -0.2) is 4.98 Å². The second-order valence-electron chi connectivity index (χ2n) is 12.4. The van der Waals surface area contributed by atoms with E-state index in [1.165, 1.54) is 33.0 Å². The summed E-state index contributed by atoms with van der Waals surface area (Å²) < 4.78 is 6.19. The van der Waals surface area contributed by atoms with Gasteiger partial charge in [-0.05, 0) is 99.3 Å². The third kappa shape index (κ3) is 5.61. The first-order valence-electron chi connectivity index (χ1n) is 16.9. The van der Waals surface area contributed by atoms with E-state index in [1.54, 1.807) is 0 Å². The van der Waals surface area contributed by atoms with E-state index in [4.69, 9.17) is 9.40 Å². The molecule has 3 heteroatoms. The first-order chi connectivity index (χ1) is 24.8. The molecule has 3 nitrogen and oxygen atoms in total. The minimum absolute atomic E-state index is 0.626. The molecule has 1 heterocycles. The summed E-state index contributed by atoms with van der Waals surface area (Å²) in [6, 6.07) is 68.3. The Morgan fingerprint density at radius 2 is 0.920 bits per heavy atom. The molecule has 8 aromatic carbocycles. The number of hydrogen-bond acceptors (Lipinski definition) is 3. The number of hydrogen-bond donors (Lipinski definition) is 0. The van der Waals surface area contributed by atoms with Gasteiger partial charge >= 0.3 is 0 Å². The molecule has 0 aliphatic heterocycles. The summed E-state index contributed by atoms with van der Waals surface area (Å²) in [5, 5.41) is 2.47. The van der Waals surface area contributed by atoms with Crippen LogP contribution in [0, 0.1) is 0 Å². The average molecular weight is 641 g/mol. The highest BCUT2D eigenvalue weighted by molar-refractivity contribution is 5.93. The average Bonchev–Trinajstić information content (AvgIpc) is 3.64. The molecular weight excluding hydrogens is 609 g/mol. The highest BCUT2D eigenvalue weighted by atomic mass is 16.3. The van der Waals surface area contributed by atoms with Gasteiger partial charge in [0.25, 0.3) is 0 Å². The van der Waals surface area contributed by atoms with E-state index in [0.717, 1.165) is 44.9 Å². The van der Waals surface area contributed by atoms with Gasteiger partial charge in [-0.15, -0.1) is 0 Å². The lowest BCUT2D eigenvalue weighted by Gasteiger charge is -2.26. The summed E-state index contributed by atoms with van der Waals surface area (Å²) in [5.41, 5.74) is 12.7. The predicted octanol–water partition coefficient (Wildman–Crippen LogP) is 13.1. The van der Waals surface area contributed by atoms with Crippen molar-refractivity contribution in [1.29, 1.82) is 0 Å². The zero-order chi connectivity index (χ0) is 33.3. The first-order valence-corrected chi connectivity index (χ1v) is 16.9. The molecule has 0 fully saturated rings. The number of fused-ring (bicyclic) bond motifs is 2. The highest BCUT2D eigenvalue weighted by Crippen LogP contribution is 2.39. The van der Waals surface area contributed by atoms with Gasteiger partial charge in [0.15, 0.2) is 5.58 Å². The summed E-state index contributed by atoms with van der Waals surface area (Å²) in [4.78, 5) is 7.25. The Morgan fingerprint density at radius 3 is 1.66 bits per heavy atom. The quantitative estimate of drug-likeness (QED) is 0.174. The molecule has 50 heavy (non-hydrogen) atoms. The highest BCUT2D eigenvalue weighted by Gasteiger charge is 2.16. The van der Waals surface area contributed by atoms with Crippen LogP contribution in [-0.4, -0.2) is 4.98 Å². The fraction of sp³-hybridized carbons (Fsp3) is 0. The van der Waals surface area contributed by atoms with E-state index < -0.39 is 0 Å². The number of rotatable bonds is 7. The third-order valence-corrected chi connectivity index (χ3v) is 9.30. The van der Waals surface area contributed by atoms with Crippen LogP contribution in [0.2, 0.25) is 0 Å². The predicted molar refractivity (Wildman–Crippen MR) is 208 cm³/mol. The van der Waals surface area contributed by atoms with Gasteiger partial charge in [0.2, 0.25) is 5.89 Å². The molecule has 236 valence electrons. The fourth-order valence-electron chi connectivity index (χ4n) is 6.75. The van der Waals surface area contributed by atoms with Crippen LogP contribution in [-0.2, 0) is 0 Å². The van der Waals surface area contributed by atoms with E-state index >= 15 is 0 Å². The van der Waals surface area contributed by atoms with Crippen LogP contribution in [0.5, 0.6) is 0 Å². The van der Waals surface area contributed by atoms with Crippen molar-refractivity contribution in [1.82, 2.24) is 4.98 Å². The third-order valence-electron chi connectivity index (χ3n) is 9.30. The maximum atomic E-state index is 6.19. The van der Waals surface area contributed by atoms with E-state index in [2.05, 4.69) is 157 Å². The van der Waals surface area contributed by atoms with Crippen LogP contribution in [0.1, 0.15) is 0 Å². The molecule has 0 radical (unpaired) electrons. The maximum absolute atomic E-state index is 6.19. The standard InChI is InChI=1S/C47H32N2O/c1-3-11-33(12-4-1)35-23-27-41(28-24-35)49(43-18-9-17-39(32-43)40-22-21-34-13-7-8-16-38(34)31-40)42-29-25-36(26-30-42)44-19-10-20-45-46(44)48-47(50-45)37-14-5-2-6-15-37/h1-32H. The van der Waals surface area contributed by atoms with Crippen LogP contribution >= 0.6 is 0 Å². The molecule has 1 aromatic heterocycles. The molecule has 9 aromatic rings. The largest absolute Gasteiger partial charge is 0.436 e. The van der Waals surface area contributed by atoms with Gasteiger partial charge in [-0.1, -0.05) is 133 Å². The zero-order valence-corrected chi connectivity index (χ0v) is 27.3. The lowest BCUT2D eigenvalue weighted by Crippen LogP contribution is -2.10. The van der Waals surface area contributed by atoms with Gasteiger partial charge in [-0.3, -0.25) is 0 Å². The number of oxazole rings is 1. The summed E-state index contributed by atoms with van der Waals surface area (Å²) in [6.45, 7) is 0. The van der Waals surface area contributed by atoms with Crippen molar-refractivity contribution in [2.45, 2.75) is 0 Å². The first kappa shape index (κ1) is 29.4. The molecule has 0 spiro atoms. The van der Waals surface area contributed by atoms with E-state index in [-0.39, 0.29) is 0 Å². The maximum Gasteiger partial charge on any atom is 0.227 e. The smallest absolute Gasteiger partial charge is 0.227 e. The molecule has 0 saturated heterocycles. The van der Waals surface area contributed by atoms with Crippen LogP contribution < -0.4 is 4.90 Å². The normalized spacial score (nSPS) is 11.2. The van der Waals surface area contributed by atoms with Gasteiger partial charge in [0.05, 0.1) is 0 Å². The van der Waals surface area contributed by atoms with Crippen molar-refractivity contribution in [3.63, 3.8) is 0 Å². The Balaban J connectivity index is 1.12. The van der Waals surface area contributed by atoms with Crippen molar-refractivity contribution >= 4 is 38.9 Å². The summed E-state index contributed by atoms with van der Waals surface area (Å²) in [7, 11) is 0. The summed E-state index contributed by atoms with van der Waals surface area (Å²) in [5.74, 6) is 0.626.